The molecule has 0 aliphatic heterocycles. The van der Waals surface area contributed by atoms with Gasteiger partial charge in [0.1, 0.15) is 0 Å². The van der Waals surface area contributed by atoms with Crippen molar-refractivity contribution in [2.45, 2.75) is 18.4 Å². The normalized spacial score (nSPS) is 10.3. The van der Waals surface area contributed by atoms with Crippen LogP contribution in [0, 0.1) is 0 Å². The van der Waals surface area contributed by atoms with Gasteiger partial charge in [0, 0.05) is 30.4 Å². The molecule has 0 unspecified atom stereocenters. The van der Waals surface area contributed by atoms with Gasteiger partial charge in [-0.1, -0.05) is 25.1 Å². The van der Waals surface area contributed by atoms with E-state index >= 15 is 0 Å². The lowest BCUT2D eigenvalue weighted by Crippen LogP contribution is -2.34. The Morgan fingerprint density at radius 1 is 1.22 bits per heavy atom. The van der Waals surface area contributed by atoms with E-state index in [1.54, 1.807) is 35.0 Å². The Morgan fingerprint density at radius 3 is 2.61 bits per heavy atom. The number of carbonyl (C=O) groups excluding carboxylic acids is 2. The highest BCUT2D eigenvalue weighted by Gasteiger charge is 2.18. The Hall–Kier alpha value is -2.34. The molecule has 0 aliphatic rings. The zero-order valence-electron chi connectivity index (χ0n) is 12.9. The van der Waals surface area contributed by atoms with Crippen LogP contribution >= 0.6 is 11.8 Å². The van der Waals surface area contributed by atoms with Crippen molar-refractivity contribution in [3.63, 3.8) is 0 Å². The lowest BCUT2D eigenvalue weighted by Gasteiger charge is -2.22. The average Bonchev–Trinajstić information content (AvgIpc) is 2.56. The first kappa shape index (κ1) is 17.0. The molecule has 1 aromatic carbocycles. The molecule has 0 spiro atoms. The maximum atomic E-state index is 12.9. The number of thioether (sulfide) groups is 1. The summed E-state index contributed by atoms with van der Waals surface area (Å²) in [5, 5.41) is 0.807. The first-order chi connectivity index (χ1) is 11.1. The van der Waals surface area contributed by atoms with Crippen LogP contribution in [0.3, 0.4) is 0 Å². The molecule has 0 atom stereocenters. The van der Waals surface area contributed by atoms with E-state index in [9.17, 15) is 9.59 Å². The second-order valence-electron chi connectivity index (χ2n) is 4.82. The number of nitrogens with zero attached hydrogens (tertiary/aromatic N) is 2. The molecule has 0 aliphatic carbocycles. The number of pyridine rings is 1. The number of hydrogen-bond acceptors (Lipinski definition) is 4. The summed E-state index contributed by atoms with van der Waals surface area (Å²) >= 11 is 1.58. The van der Waals surface area contributed by atoms with Crippen molar-refractivity contribution in [1.82, 2.24) is 4.98 Å². The molecule has 2 N–H and O–H groups in total. The molecule has 2 aromatic rings. The lowest BCUT2D eigenvalue weighted by atomic mass is 10.2. The van der Waals surface area contributed by atoms with E-state index in [2.05, 4.69) is 4.98 Å². The molecule has 5 nitrogen and oxygen atoms in total. The minimum Gasteiger partial charge on any atom is -0.370 e. The molecule has 6 heteroatoms. The molecule has 120 valence electrons. The van der Waals surface area contributed by atoms with Crippen LogP contribution in [0.2, 0.25) is 0 Å². The van der Waals surface area contributed by atoms with Gasteiger partial charge in [0.05, 0.1) is 5.03 Å². The van der Waals surface area contributed by atoms with Gasteiger partial charge in [-0.15, -0.1) is 11.8 Å². The first-order valence-electron chi connectivity index (χ1n) is 7.36. The monoisotopic (exact) mass is 329 g/mol. The van der Waals surface area contributed by atoms with Gasteiger partial charge in [-0.25, -0.2) is 4.98 Å². The standard InChI is InChI=1S/C17H19N3O2S/c1-2-23-16-12-13(8-10-19-16)17(22)20(11-9-15(18)21)14-6-4-3-5-7-14/h3-8,10,12H,2,9,11H2,1H3,(H2,18,21). The SMILES string of the molecule is CCSc1cc(C(=O)N(CCC(N)=O)c2ccccc2)ccn1. The highest BCUT2D eigenvalue weighted by molar-refractivity contribution is 7.99. The summed E-state index contributed by atoms with van der Waals surface area (Å²) in [6.07, 6.45) is 1.74. The van der Waals surface area contributed by atoms with Crippen molar-refractivity contribution in [3.05, 3.63) is 54.2 Å². The van der Waals surface area contributed by atoms with Gasteiger partial charge in [-0.2, -0.15) is 0 Å². The van der Waals surface area contributed by atoms with Crippen molar-refractivity contribution >= 4 is 29.3 Å². The Bertz CT molecular complexity index is 677. The number of hydrogen-bond donors (Lipinski definition) is 1. The van der Waals surface area contributed by atoms with Crippen LogP contribution in [0.5, 0.6) is 0 Å². The first-order valence-corrected chi connectivity index (χ1v) is 8.34. The average molecular weight is 329 g/mol. The zero-order chi connectivity index (χ0) is 16.7. The zero-order valence-corrected chi connectivity index (χ0v) is 13.8. The van der Waals surface area contributed by atoms with E-state index in [4.69, 9.17) is 5.73 Å². The summed E-state index contributed by atoms with van der Waals surface area (Å²) in [6.45, 7) is 2.28. The molecular formula is C17H19N3O2S. The number of rotatable bonds is 7. The van der Waals surface area contributed by atoms with Crippen molar-refractivity contribution in [2.24, 2.45) is 5.73 Å². The molecule has 23 heavy (non-hydrogen) atoms. The molecule has 2 amide bonds. The Balaban J connectivity index is 2.28. The third kappa shape index (κ3) is 4.82. The third-order valence-corrected chi connectivity index (χ3v) is 3.98. The number of nitrogens with two attached hydrogens (primary N) is 1. The van der Waals surface area contributed by atoms with Crippen LogP contribution in [0.15, 0.2) is 53.7 Å². The van der Waals surface area contributed by atoms with Gasteiger partial charge in [-0.05, 0) is 30.0 Å². The molecule has 1 aromatic heterocycles. The fourth-order valence-corrected chi connectivity index (χ4v) is 2.74. The molecule has 0 saturated heterocycles. The number of aromatic nitrogens is 1. The van der Waals surface area contributed by atoms with Crippen LogP contribution in [0.4, 0.5) is 5.69 Å². The largest absolute Gasteiger partial charge is 0.370 e. The number of para-hydroxylation sites is 1. The number of anilines is 1. The van der Waals surface area contributed by atoms with Gasteiger partial charge in [0.25, 0.3) is 5.91 Å². The summed E-state index contributed by atoms with van der Waals surface area (Å²) < 4.78 is 0. The van der Waals surface area contributed by atoms with Crippen molar-refractivity contribution < 1.29 is 9.59 Å². The van der Waals surface area contributed by atoms with Gasteiger partial charge in [-0.3, -0.25) is 9.59 Å². The predicted molar refractivity (Wildman–Crippen MR) is 92.6 cm³/mol. The fourth-order valence-electron chi connectivity index (χ4n) is 2.10. The van der Waals surface area contributed by atoms with E-state index < -0.39 is 5.91 Å². The fraction of sp³-hybridized carbons (Fsp3) is 0.235. The number of carbonyl (C=O) groups is 2. The predicted octanol–water partition coefficient (Wildman–Crippen LogP) is 2.72. The summed E-state index contributed by atoms with van der Waals surface area (Å²) in [7, 11) is 0. The van der Waals surface area contributed by atoms with Crippen LogP contribution in [0.1, 0.15) is 23.7 Å². The minimum atomic E-state index is -0.435. The lowest BCUT2D eigenvalue weighted by molar-refractivity contribution is -0.117. The van der Waals surface area contributed by atoms with Crippen molar-refractivity contribution in [2.75, 3.05) is 17.2 Å². The smallest absolute Gasteiger partial charge is 0.258 e. The van der Waals surface area contributed by atoms with E-state index in [1.807, 2.05) is 37.3 Å². The van der Waals surface area contributed by atoms with E-state index in [0.717, 1.165) is 16.5 Å². The Morgan fingerprint density at radius 2 is 1.96 bits per heavy atom. The van der Waals surface area contributed by atoms with Crippen LogP contribution in [-0.2, 0) is 4.79 Å². The Kier molecular flexibility index (Phi) is 6.17. The highest BCUT2D eigenvalue weighted by Crippen LogP contribution is 2.20. The quantitative estimate of drug-likeness (QED) is 0.792. The Labute approximate surface area is 139 Å². The minimum absolute atomic E-state index is 0.113. The maximum Gasteiger partial charge on any atom is 0.258 e. The van der Waals surface area contributed by atoms with E-state index in [0.29, 0.717) is 5.56 Å². The second-order valence-corrected chi connectivity index (χ2v) is 6.11. The number of benzene rings is 1. The van der Waals surface area contributed by atoms with Gasteiger partial charge in [0.2, 0.25) is 5.91 Å². The van der Waals surface area contributed by atoms with Gasteiger partial charge < -0.3 is 10.6 Å². The van der Waals surface area contributed by atoms with E-state index in [-0.39, 0.29) is 18.9 Å². The molecule has 1 heterocycles. The summed E-state index contributed by atoms with van der Waals surface area (Å²) in [5.41, 5.74) is 6.51. The van der Waals surface area contributed by atoms with E-state index in [1.165, 1.54) is 0 Å². The molecule has 0 radical (unpaired) electrons. The number of primary amides is 1. The highest BCUT2D eigenvalue weighted by atomic mass is 32.2. The molecule has 0 saturated carbocycles. The summed E-state index contributed by atoms with van der Waals surface area (Å²) in [6, 6.07) is 12.7. The topological polar surface area (TPSA) is 76.3 Å². The van der Waals surface area contributed by atoms with Crippen LogP contribution in [0.25, 0.3) is 0 Å². The van der Waals surface area contributed by atoms with Crippen molar-refractivity contribution in [1.29, 1.82) is 0 Å². The van der Waals surface area contributed by atoms with Crippen LogP contribution in [-0.4, -0.2) is 29.1 Å². The second kappa shape index (κ2) is 8.33. The molecule has 0 bridgehead atoms. The molecule has 2 rings (SSSR count). The van der Waals surface area contributed by atoms with Crippen LogP contribution < -0.4 is 10.6 Å². The third-order valence-electron chi connectivity index (χ3n) is 3.17. The number of amides is 2. The maximum absolute atomic E-state index is 12.9. The molecular weight excluding hydrogens is 310 g/mol. The summed E-state index contributed by atoms with van der Waals surface area (Å²) in [5.74, 6) is 0.280. The molecule has 0 fully saturated rings. The summed E-state index contributed by atoms with van der Waals surface area (Å²) in [4.78, 5) is 29.8. The van der Waals surface area contributed by atoms with Gasteiger partial charge in [0.15, 0.2) is 0 Å². The van der Waals surface area contributed by atoms with Crippen molar-refractivity contribution in [3.8, 4) is 0 Å². The van der Waals surface area contributed by atoms with Gasteiger partial charge >= 0.3 is 0 Å².